The molecule has 0 aliphatic carbocycles. The first kappa shape index (κ1) is 37.0. The topological polar surface area (TPSA) is 121 Å². The van der Waals surface area contributed by atoms with Crippen molar-refractivity contribution in [2.24, 2.45) is 5.92 Å². The van der Waals surface area contributed by atoms with Crippen molar-refractivity contribution in [1.29, 1.82) is 5.26 Å². The van der Waals surface area contributed by atoms with Gasteiger partial charge in [-0.3, -0.25) is 14.3 Å². The monoisotopic (exact) mass is 724 g/mol. The molecule has 2 fully saturated rings. The van der Waals surface area contributed by atoms with Gasteiger partial charge in [-0.25, -0.2) is 31.6 Å². The lowest BCUT2D eigenvalue weighted by molar-refractivity contribution is -0.112. The fourth-order valence-electron chi connectivity index (χ4n) is 8.83. The Labute approximate surface area is 297 Å². The van der Waals surface area contributed by atoms with Crippen molar-refractivity contribution in [3.8, 4) is 6.07 Å². The number of nitriles is 1. The van der Waals surface area contributed by atoms with Crippen LogP contribution in [-0.2, 0) is 27.7 Å². The lowest BCUT2D eigenvalue weighted by atomic mass is 9.77. The zero-order valence-corrected chi connectivity index (χ0v) is 30.4. The second-order valence-corrected chi connectivity index (χ2v) is 17.2. The number of benzene rings is 1. The van der Waals surface area contributed by atoms with Crippen molar-refractivity contribution in [2.75, 3.05) is 16.8 Å². The summed E-state index contributed by atoms with van der Waals surface area (Å²) in [6.45, 7) is 10.3. The molecule has 4 aliphatic heterocycles. The third kappa shape index (κ3) is 6.93. The molecule has 0 spiro atoms. The average molecular weight is 725 g/mol. The summed E-state index contributed by atoms with van der Waals surface area (Å²) in [4.78, 5) is 25.5. The van der Waals surface area contributed by atoms with Crippen LogP contribution in [0.3, 0.4) is 0 Å². The van der Waals surface area contributed by atoms with Gasteiger partial charge in [-0.15, -0.1) is 6.58 Å². The summed E-state index contributed by atoms with van der Waals surface area (Å²) in [6.07, 6.45) is 7.34. The Morgan fingerprint density at radius 3 is 2.37 bits per heavy atom. The fraction of sp³-hybridized carbons (Fsp3) is 0.579. The van der Waals surface area contributed by atoms with Crippen molar-refractivity contribution in [3.05, 3.63) is 76.1 Å². The highest BCUT2D eigenvalue weighted by molar-refractivity contribution is 7.91. The number of anilines is 1. The SMILES string of the molecule is C=C[C@H]1Nc2ncnc3c2cc(C2(C#N)CCS(=O)(=O)CC2)c(=O)n3CCCCCCC(C)N2C(C)CC(CC2C)C(F)(F)c2cccc1c2F. The van der Waals surface area contributed by atoms with E-state index < -0.39 is 50.1 Å². The largest absolute Gasteiger partial charge is 0.359 e. The van der Waals surface area contributed by atoms with Gasteiger partial charge in [0.25, 0.3) is 11.5 Å². The van der Waals surface area contributed by atoms with Crippen LogP contribution in [0.5, 0.6) is 0 Å². The number of hydrogen-bond acceptors (Lipinski definition) is 8. The molecule has 51 heavy (non-hydrogen) atoms. The van der Waals surface area contributed by atoms with E-state index >= 15 is 13.2 Å². The maximum atomic E-state index is 16.4. The summed E-state index contributed by atoms with van der Waals surface area (Å²) in [7, 11) is -3.35. The van der Waals surface area contributed by atoms with Gasteiger partial charge in [0.15, 0.2) is 0 Å². The number of aryl methyl sites for hydroxylation is 1. The number of alkyl halides is 2. The first-order valence-electron chi connectivity index (χ1n) is 18.1. The van der Waals surface area contributed by atoms with Gasteiger partial charge in [-0.2, -0.15) is 5.26 Å². The zero-order valence-electron chi connectivity index (χ0n) is 29.5. The van der Waals surface area contributed by atoms with Gasteiger partial charge in [0.1, 0.15) is 33.4 Å². The number of aromatic nitrogens is 3. The standard InChI is InChI=1S/C38H47F3N6O3S/c1-5-32-28-12-10-13-30(33(28)39)38(40,41)27-19-25(3)47(26(4)20-27)24(2)11-8-6-7-9-16-46-35-29(34(45-32)43-23-44-35)21-31(36(46)48)37(22-42)14-17-51(49,50)18-15-37/h5,10,12-13,21,23-27,32H,1,6-9,11,14-20H2,2-4H3,(H,43,44,45)/t24?,25?,26?,27?,32-/m1/s1. The van der Waals surface area contributed by atoms with Gasteiger partial charge < -0.3 is 5.32 Å². The molecule has 7 rings (SSSR count). The van der Waals surface area contributed by atoms with Crippen LogP contribution in [-0.4, -0.2) is 57.5 Å². The number of nitrogens with one attached hydrogen (secondary N) is 1. The highest BCUT2D eigenvalue weighted by Gasteiger charge is 2.49. The maximum absolute atomic E-state index is 16.4. The molecule has 2 aromatic heterocycles. The lowest BCUT2D eigenvalue weighted by Crippen LogP contribution is -2.53. The molecule has 2 saturated heterocycles. The maximum Gasteiger partial charge on any atom is 0.278 e. The van der Waals surface area contributed by atoms with Crippen LogP contribution in [0.25, 0.3) is 11.0 Å². The molecule has 8 bridgehead atoms. The molecule has 9 nitrogen and oxygen atoms in total. The Morgan fingerprint density at radius 2 is 1.71 bits per heavy atom. The Morgan fingerprint density at radius 1 is 1.02 bits per heavy atom. The first-order valence-corrected chi connectivity index (χ1v) is 19.9. The average Bonchev–Trinajstić information content (AvgIpc) is 3.09. The van der Waals surface area contributed by atoms with E-state index in [1.54, 1.807) is 6.07 Å². The van der Waals surface area contributed by atoms with E-state index in [0.717, 1.165) is 31.7 Å². The van der Waals surface area contributed by atoms with Gasteiger partial charge in [0.2, 0.25) is 0 Å². The molecule has 6 heterocycles. The molecule has 1 N–H and O–H groups in total. The Kier molecular flexibility index (Phi) is 10.4. The Balaban J connectivity index is 1.49. The molecule has 3 unspecified atom stereocenters. The number of rotatable bonds is 2. The van der Waals surface area contributed by atoms with Crippen LogP contribution in [0.4, 0.5) is 19.0 Å². The minimum atomic E-state index is -3.42. The number of piperidine rings is 1. The third-order valence-corrected chi connectivity index (χ3v) is 13.2. The summed E-state index contributed by atoms with van der Waals surface area (Å²) in [5.41, 5.74) is -1.99. The van der Waals surface area contributed by atoms with Crippen LogP contribution >= 0.6 is 0 Å². The quantitative estimate of drug-likeness (QED) is 0.276. The fourth-order valence-corrected chi connectivity index (χ4v) is 10.4. The lowest BCUT2D eigenvalue weighted by Gasteiger charge is -2.47. The Bertz CT molecular complexity index is 1990. The van der Waals surface area contributed by atoms with Crippen LogP contribution in [0, 0.1) is 23.1 Å². The van der Waals surface area contributed by atoms with E-state index in [9.17, 15) is 18.5 Å². The van der Waals surface area contributed by atoms with Gasteiger partial charge in [-0.1, -0.05) is 43.5 Å². The summed E-state index contributed by atoms with van der Waals surface area (Å²) in [5.74, 6) is -5.73. The first-order chi connectivity index (χ1) is 24.2. The summed E-state index contributed by atoms with van der Waals surface area (Å²) >= 11 is 0. The summed E-state index contributed by atoms with van der Waals surface area (Å²) < 4.78 is 75.5. The number of hydrogen-bond donors (Lipinski definition) is 1. The number of nitrogens with zero attached hydrogens (tertiary/aromatic N) is 5. The Hall–Kier alpha value is -3.76. The van der Waals surface area contributed by atoms with Crippen LogP contribution in [0.1, 0.15) is 101 Å². The molecule has 274 valence electrons. The molecule has 4 atom stereocenters. The minimum absolute atomic E-state index is 0.0298. The van der Waals surface area contributed by atoms with Crippen molar-refractivity contribution in [1.82, 2.24) is 19.4 Å². The predicted octanol–water partition coefficient (Wildman–Crippen LogP) is 7.17. The van der Waals surface area contributed by atoms with Crippen molar-refractivity contribution >= 4 is 26.7 Å². The number of fused-ring (bicyclic) bond motifs is 9. The van der Waals surface area contributed by atoms with Crippen molar-refractivity contribution < 1.29 is 21.6 Å². The van der Waals surface area contributed by atoms with E-state index in [-0.39, 0.29) is 72.3 Å². The highest BCUT2D eigenvalue weighted by atomic mass is 32.2. The van der Waals surface area contributed by atoms with E-state index in [1.165, 1.54) is 29.1 Å². The number of sulfone groups is 1. The van der Waals surface area contributed by atoms with Gasteiger partial charge in [0, 0.05) is 41.7 Å². The van der Waals surface area contributed by atoms with Gasteiger partial charge >= 0.3 is 0 Å². The van der Waals surface area contributed by atoms with Crippen molar-refractivity contribution in [2.45, 2.75) is 121 Å². The summed E-state index contributed by atoms with van der Waals surface area (Å²) in [5, 5.41) is 14.0. The predicted molar refractivity (Wildman–Crippen MR) is 192 cm³/mol. The van der Waals surface area contributed by atoms with Crippen LogP contribution < -0.4 is 10.9 Å². The molecule has 3 aromatic rings. The molecule has 13 heteroatoms. The number of pyridine rings is 1. The van der Waals surface area contributed by atoms with E-state index in [2.05, 4.69) is 39.8 Å². The highest BCUT2D eigenvalue weighted by Crippen LogP contribution is 2.47. The van der Waals surface area contributed by atoms with E-state index in [0.29, 0.717) is 24.0 Å². The number of halogens is 3. The third-order valence-electron chi connectivity index (χ3n) is 11.6. The molecule has 1 aromatic carbocycles. The minimum Gasteiger partial charge on any atom is -0.359 e. The molecule has 0 radical (unpaired) electrons. The van der Waals surface area contributed by atoms with E-state index in [1.807, 2.05) is 13.8 Å². The molecular weight excluding hydrogens is 678 g/mol. The zero-order chi connectivity index (χ0) is 36.7. The van der Waals surface area contributed by atoms with Gasteiger partial charge in [-0.05, 0) is 65.4 Å². The van der Waals surface area contributed by atoms with E-state index in [4.69, 9.17) is 0 Å². The second-order valence-electron chi connectivity index (χ2n) is 14.9. The molecule has 0 saturated carbocycles. The van der Waals surface area contributed by atoms with Crippen molar-refractivity contribution in [3.63, 3.8) is 0 Å². The van der Waals surface area contributed by atoms with Crippen LogP contribution in [0.2, 0.25) is 0 Å². The molecule has 0 amide bonds. The normalized spacial score (nSPS) is 29.4. The summed E-state index contributed by atoms with van der Waals surface area (Å²) in [6, 6.07) is 6.84. The molecule has 4 aliphatic rings. The molecular formula is C38H47F3N6O3S. The smallest absolute Gasteiger partial charge is 0.278 e. The van der Waals surface area contributed by atoms with Crippen LogP contribution in [0.15, 0.2) is 48.0 Å². The van der Waals surface area contributed by atoms with Gasteiger partial charge in [0.05, 0.1) is 40.0 Å². The second kappa shape index (κ2) is 14.3.